The molecule has 21 rings (SSSR count). The summed E-state index contributed by atoms with van der Waals surface area (Å²) >= 11 is 2.48. The van der Waals surface area contributed by atoms with Crippen LogP contribution in [0.25, 0.3) is 212 Å². The van der Waals surface area contributed by atoms with Gasteiger partial charge in [0.2, 0.25) is 0 Å². The highest BCUT2D eigenvalue weighted by molar-refractivity contribution is 7.00. The average molecular weight is 1470 g/mol. The smallest absolute Gasteiger partial charge is 0.164 e. The third kappa shape index (κ3) is 13.0. The van der Waals surface area contributed by atoms with Crippen LogP contribution in [-0.2, 0) is 0 Å². The maximum Gasteiger partial charge on any atom is 0.164 e. The highest BCUT2D eigenvalue weighted by Crippen LogP contribution is 2.42. The van der Waals surface area contributed by atoms with Gasteiger partial charge in [-0.2, -0.15) is 17.5 Å². The number of nitrogens with zero attached hydrogens (tertiary/aromatic N) is 12. The third-order valence-electron chi connectivity index (χ3n) is 20.4. The highest BCUT2D eigenvalue weighted by Gasteiger charge is 2.22. The summed E-state index contributed by atoms with van der Waals surface area (Å²) in [4.78, 5) is 40.9. The zero-order valence-corrected chi connectivity index (χ0v) is 61.5. The van der Waals surface area contributed by atoms with E-state index in [9.17, 15) is 0 Å². The number of rotatable bonds is 13. The SMILES string of the molecule is c1ccc(-c2ccc(-c3nc(-c4ccc(-c5ccccc5)cc4)nc(-c4cccc(-c5ccc6c(c5)nc(-c5ccccc5)c5ccc7nsnc7c56)c4)n3)cc2)cc1.c1ccc(-c2cccc(-c3nc(-c4ccccc4)nc(-c4cccc(-c5ccc6c(c5)nc(-c5ccccc5)c5ccc7nsnc7c56)c4)n3)c2)cc1. The first-order valence-corrected chi connectivity index (χ1v) is 38.3. The summed E-state index contributed by atoms with van der Waals surface area (Å²) in [5.41, 5.74) is 25.8. The van der Waals surface area contributed by atoms with Gasteiger partial charge in [-0.25, -0.2) is 39.9 Å². The summed E-state index contributed by atoms with van der Waals surface area (Å²) in [5.74, 6) is 3.67. The van der Waals surface area contributed by atoms with E-state index in [2.05, 4.69) is 288 Å². The second kappa shape index (κ2) is 29.1. The Hall–Kier alpha value is -14.7. The summed E-state index contributed by atoms with van der Waals surface area (Å²) in [6.07, 6.45) is 0. The highest BCUT2D eigenvalue weighted by atomic mass is 32.1. The Bertz CT molecular complexity index is 6990. The van der Waals surface area contributed by atoms with Crippen LogP contribution in [0.2, 0.25) is 0 Å². The minimum Gasteiger partial charge on any atom is -0.247 e. The van der Waals surface area contributed by atoms with Crippen LogP contribution in [0.15, 0.2) is 364 Å². The van der Waals surface area contributed by atoms with Gasteiger partial charge in [0.25, 0.3) is 0 Å². The Morgan fingerprint density at radius 1 is 0.152 bits per heavy atom. The Kier molecular flexibility index (Phi) is 17.3. The molecule has 524 valence electrons. The molecule has 21 aromatic rings. The topological polar surface area (TPSA) is 155 Å². The van der Waals surface area contributed by atoms with Crippen LogP contribution in [-0.4, -0.2) is 57.4 Å². The molecular formula is C98H60N12S2. The average Bonchev–Trinajstić information content (AvgIpc) is 1.19. The molecule has 12 nitrogen and oxygen atoms in total. The van der Waals surface area contributed by atoms with E-state index in [4.69, 9.17) is 48.6 Å². The first-order valence-electron chi connectivity index (χ1n) is 36.8. The molecule has 6 heterocycles. The molecular weight excluding hydrogens is 1410 g/mol. The summed E-state index contributed by atoms with van der Waals surface area (Å²) in [6, 6.07) is 125. The van der Waals surface area contributed by atoms with E-state index in [0.717, 1.165) is 177 Å². The molecule has 0 saturated carbocycles. The molecule has 15 aromatic carbocycles. The summed E-state index contributed by atoms with van der Waals surface area (Å²) in [5, 5.41) is 6.35. The van der Waals surface area contributed by atoms with Gasteiger partial charge in [0.1, 0.15) is 22.1 Å². The fraction of sp³-hybridized carbons (Fsp3) is 0. The summed E-state index contributed by atoms with van der Waals surface area (Å²) in [7, 11) is 0. The lowest BCUT2D eigenvalue weighted by molar-refractivity contribution is 1.07. The quantitative estimate of drug-likeness (QED) is 0.101. The molecule has 6 aromatic heterocycles. The molecule has 0 radical (unpaired) electrons. The van der Waals surface area contributed by atoms with Crippen molar-refractivity contribution < 1.29 is 0 Å². The van der Waals surface area contributed by atoms with Gasteiger partial charge in [-0.05, 0) is 110 Å². The second-order valence-electron chi connectivity index (χ2n) is 27.3. The van der Waals surface area contributed by atoms with Crippen molar-refractivity contribution in [2.45, 2.75) is 0 Å². The number of hydrogen-bond donors (Lipinski definition) is 0. The van der Waals surface area contributed by atoms with Crippen molar-refractivity contribution in [3.8, 4) is 146 Å². The Balaban J connectivity index is 0.000000147. The minimum atomic E-state index is 0.598. The van der Waals surface area contributed by atoms with Gasteiger partial charge < -0.3 is 0 Å². The zero-order valence-electron chi connectivity index (χ0n) is 59.8. The van der Waals surface area contributed by atoms with Crippen LogP contribution < -0.4 is 0 Å². The summed E-state index contributed by atoms with van der Waals surface area (Å²) in [6.45, 7) is 0. The van der Waals surface area contributed by atoms with E-state index in [1.54, 1.807) is 0 Å². The van der Waals surface area contributed by atoms with Gasteiger partial charge in [-0.1, -0.05) is 309 Å². The molecule has 0 unspecified atom stereocenters. The largest absolute Gasteiger partial charge is 0.247 e. The van der Waals surface area contributed by atoms with Crippen molar-refractivity contribution in [1.82, 2.24) is 57.4 Å². The Morgan fingerprint density at radius 2 is 0.393 bits per heavy atom. The molecule has 0 bridgehead atoms. The molecule has 0 saturated heterocycles. The number of aromatic nitrogens is 12. The van der Waals surface area contributed by atoms with E-state index in [-0.39, 0.29) is 0 Å². The molecule has 0 atom stereocenters. The first kappa shape index (κ1) is 66.7. The number of fused-ring (bicyclic) bond motifs is 10. The van der Waals surface area contributed by atoms with Crippen LogP contribution in [0, 0.1) is 0 Å². The fourth-order valence-electron chi connectivity index (χ4n) is 14.8. The van der Waals surface area contributed by atoms with Crippen LogP contribution in [0.4, 0.5) is 0 Å². The molecule has 0 amide bonds. The van der Waals surface area contributed by atoms with Crippen LogP contribution >= 0.6 is 23.5 Å². The maximum absolute atomic E-state index is 5.30. The van der Waals surface area contributed by atoms with Crippen LogP contribution in [0.3, 0.4) is 0 Å². The van der Waals surface area contributed by atoms with E-state index >= 15 is 0 Å². The lowest BCUT2D eigenvalue weighted by Crippen LogP contribution is -2.00. The number of benzene rings is 15. The van der Waals surface area contributed by atoms with E-state index < -0.39 is 0 Å². The number of pyridine rings is 2. The monoisotopic (exact) mass is 1470 g/mol. The van der Waals surface area contributed by atoms with Crippen LogP contribution in [0.1, 0.15) is 0 Å². The standard InChI is InChI=1S/C52H32N6S.C46H28N6S/c1-4-11-33(12-5-1)35-19-23-38(24-20-35)50-54-51(39-25-21-36(22-26-39)34-13-6-2-7-14-34)56-52(55-50)42-18-10-17-40(31-42)41-27-28-43-46(32-41)53-48(37-15-8-3-9-16-37)44-29-30-45-49(47(43)44)58-59-57-45;1-4-12-29(13-5-1)32-18-10-20-35(26-32)45-48-44(31-16-8-3-9-17-31)49-46(50-45)36-21-11-19-33(27-36)34-22-23-37-40(28-34)47-42(30-14-6-2-7-15-30)38-24-25-39-43(41(37)38)52-53-51-39/h1-32H;1-28H. The van der Waals surface area contributed by atoms with Gasteiger partial charge in [-0.3, -0.25) is 0 Å². The molecule has 112 heavy (non-hydrogen) atoms. The van der Waals surface area contributed by atoms with Crippen molar-refractivity contribution in [2.75, 3.05) is 0 Å². The fourth-order valence-corrected chi connectivity index (χ4v) is 15.9. The van der Waals surface area contributed by atoms with Gasteiger partial charge in [0, 0.05) is 76.8 Å². The number of hydrogen-bond acceptors (Lipinski definition) is 14. The maximum atomic E-state index is 5.30. The van der Waals surface area contributed by atoms with E-state index in [0.29, 0.717) is 34.9 Å². The van der Waals surface area contributed by atoms with E-state index in [1.807, 2.05) is 84.9 Å². The molecule has 14 heteroatoms. The van der Waals surface area contributed by atoms with Crippen molar-refractivity contribution in [1.29, 1.82) is 0 Å². The molecule has 0 aliphatic heterocycles. The van der Waals surface area contributed by atoms with Crippen molar-refractivity contribution >= 4 is 88.9 Å². The summed E-state index contributed by atoms with van der Waals surface area (Å²) < 4.78 is 18.6. The zero-order chi connectivity index (χ0) is 74.3. The minimum absolute atomic E-state index is 0.598. The van der Waals surface area contributed by atoms with Gasteiger partial charge in [-0.15, -0.1) is 0 Å². The lowest BCUT2D eigenvalue weighted by atomic mass is 9.96. The Labute approximate surface area is 652 Å². The van der Waals surface area contributed by atoms with Crippen molar-refractivity contribution in [3.63, 3.8) is 0 Å². The molecule has 0 N–H and O–H groups in total. The van der Waals surface area contributed by atoms with Gasteiger partial charge >= 0.3 is 0 Å². The molecule has 0 aliphatic rings. The normalized spacial score (nSPS) is 11.4. The molecule has 0 aliphatic carbocycles. The second-order valence-corrected chi connectivity index (χ2v) is 28.4. The van der Waals surface area contributed by atoms with Gasteiger partial charge in [0.15, 0.2) is 34.9 Å². The molecule has 0 spiro atoms. The lowest BCUT2D eigenvalue weighted by Gasteiger charge is -2.13. The van der Waals surface area contributed by atoms with Gasteiger partial charge in [0.05, 0.1) is 45.9 Å². The van der Waals surface area contributed by atoms with Crippen LogP contribution in [0.5, 0.6) is 0 Å². The predicted octanol–water partition coefficient (Wildman–Crippen LogP) is 24.8. The van der Waals surface area contributed by atoms with Crippen molar-refractivity contribution in [2.24, 2.45) is 0 Å². The Morgan fingerprint density at radius 3 is 0.750 bits per heavy atom. The van der Waals surface area contributed by atoms with Crippen molar-refractivity contribution in [3.05, 3.63) is 364 Å². The molecule has 0 fully saturated rings. The van der Waals surface area contributed by atoms with E-state index in [1.165, 1.54) is 23.5 Å². The predicted molar refractivity (Wildman–Crippen MR) is 458 cm³/mol. The third-order valence-corrected chi connectivity index (χ3v) is 21.5. The first-order chi connectivity index (χ1) is 55.5.